The number of furan rings is 1. The molecule has 0 aliphatic heterocycles. The summed E-state index contributed by atoms with van der Waals surface area (Å²) < 4.78 is 13.3. The first-order valence-corrected chi connectivity index (χ1v) is 10.2. The number of benzene rings is 2. The number of hydrogen-bond acceptors (Lipinski definition) is 5. The summed E-state index contributed by atoms with van der Waals surface area (Å²) in [5.41, 5.74) is 11.7. The second kappa shape index (κ2) is 7.73. The molecule has 0 aliphatic rings. The molecule has 0 fully saturated rings. The van der Waals surface area contributed by atoms with E-state index >= 15 is 0 Å². The summed E-state index contributed by atoms with van der Waals surface area (Å²) in [6.45, 7) is 4.29. The highest BCUT2D eigenvalue weighted by molar-refractivity contribution is 5.95. The molecular weight excluding hydrogens is 404 g/mol. The van der Waals surface area contributed by atoms with E-state index in [9.17, 15) is 0 Å². The van der Waals surface area contributed by atoms with Crippen LogP contribution in [0.3, 0.4) is 0 Å². The number of nitrogens with one attached hydrogen (secondary N) is 2. The van der Waals surface area contributed by atoms with Gasteiger partial charge in [-0.15, -0.1) is 0 Å². The summed E-state index contributed by atoms with van der Waals surface area (Å²) in [7, 11) is 0. The zero-order chi connectivity index (χ0) is 22.2. The fourth-order valence-corrected chi connectivity index (χ4v) is 3.72. The molecule has 3 heterocycles. The monoisotopic (exact) mass is 426 g/mol. The lowest BCUT2D eigenvalue weighted by molar-refractivity contribution is 0.297. The van der Waals surface area contributed by atoms with Crippen molar-refractivity contribution < 1.29 is 9.15 Å². The number of hydrogen-bond donors (Lipinski definition) is 3. The van der Waals surface area contributed by atoms with Gasteiger partial charge >= 0.3 is 0 Å². The third kappa shape index (κ3) is 3.51. The van der Waals surface area contributed by atoms with E-state index < -0.39 is 0 Å². The van der Waals surface area contributed by atoms with Crippen molar-refractivity contribution in [3.63, 3.8) is 0 Å². The van der Waals surface area contributed by atoms with Crippen molar-refractivity contribution in [3.8, 4) is 22.9 Å². The average molecular weight is 426 g/mol. The molecule has 8 nitrogen and oxygen atoms in total. The Morgan fingerprint density at radius 1 is 1.16 bits per heavy atom. The molecule has 0 aliphatic carbocycles. The molecule has 4 N–H and O–H groups in total. The summed E-state index contributed by atoms with van der Waals surface area (Å²) in [5.74, 6) is 2.20. The van der Waals surface area contributed by atoms with E-state index in [0.29, 0.717) is 17.9 Å². The van der Waals surface area contributed by atoms with Crippen LogP contribution >= 0.6 is 0 Å². The summed E-state index contributed by atoms with van der Waals surface area (Å²) in [4.78, 5) is 8.08. The first-order chi connectivity index (χ1) is 15.5. The van der Waals surface area contributed by atoms with E-state index in [-0.39, 0.29) is 5.84 Å². The minimum Gasteiger partial charge on any atom is -0.486 e. The Bertz CT molecular complexity index is 1410. The quantitative estimate of drug-likeness (QED) is 0.273. The first kappa shape index (κ1) is 19.6. The summed E-state index contributed by atoms with van der Waals surface area (Å²) in [5, 5.41) is 12.1. The molecule has 160 valence electrons. The lowest BCUT2D eigenvalue weighted by Crippen LogP contribution is -2.10. The Labute approximate surface area is 184 Å². The summed E-state index contributed by atoms with van der Waals surface area (Å²) >= 11 is 0. The van der Waals surface area contributed by atoms with Crippen LogP contribution in [0, 0.1) is 19.3 Å². The highest BCUT2D eigenvalue weighted by Crippen LogP contribution is 2.29. The molecule has 0 atom stereocenters. The number of nitrogens with two attached hydrogens (primary N) is 1. The highest BCUT2D eigenvalue weighted by atomic mass is 16.5. The van der Waals surface area contributed by atoms with E-state index in [1.54, 1.807) is 30.5 Å². The van der Waals surface area contributed by atoms with Gasteiger partial charge < -0.3 is 19.9 Å². The van der Waals surface area contributed by atoms with Crippen LogP contribution in [0.5, 0.6) is 5.75 Å². The minimum atomic E-state index is 0.0303. The van der Waals surface area contributed by atoms with Crippen molar-refractivity contribution in [1.82, 2.24) is 19.7 Å². The smallest absolute Gasteiger partial charge is 0.152 e. The number of fused-ring (bicyclic) bond motifs is 1. The van der Waals surface area contributed by atoms with Gasteiger partial charge in [-0.2, -0.15) is 5.10 Å². The Kier molecular flexibility index (Phi) is 4.74. The summed E-state index contributed by atoms with van der Waals surface area (Å²) in [6.07, 6.45) is 1.66. The van der Waals surface area contributed by atoms with Gasteiger partial charge in [0, 0.05) is 11.1 Å². The van der Waals surface area contributed by atoms with Crippen molar-refractivity contribution >= 4 is 16.9 Å². The second-order valence-electron chi connectivity index (χ2n) is 7.58. The topological polar surface area (TPSA) is 119 Å². The van der Waals surface area contributed by atoms with Crippen LogP contribution in [-0.4, -0.2) is 25.6 Å². The van der Waals surface area contributed by atoms with Gasteiger partial charge in [0.05, 0.1) is 28.7 Å². The zero-order valence-corrected chi connectivity index (χ0v) is 17.7. The fraction of sp³-hybridized carbons (Fsp3) is 0.125. The van der Waals surface area contributed by atoms with E-state index in [4.69, 9.17) is 25.3 Å². The third-order valence-corrected chi connectivity index (χ3v) is 5.30. The Hall–Kier alpha value is -4.33. The Morgan fingerprint density at radius 2 is 1.97 bits per heavy atom. The molecular formula is C24H22N6O2. The van der Waals surface area contributed by atoms with E-state index in [2.05, 4.69) is 10.1 Å². The van der Waals surface area contributed by atoms with Crippen LogP contribution in [0.25, 0.3) is 28.2 Å². The molecule has 0 bridgehead atoms. The number of rotatable bonds is 6. The standard InChI is InChI=1S/C24H22N6O2/c1-14-12-20(21-4-3-11-31-21)30(29-14)19-10-9-18-23(15(19)2)28-22(27-18)13-32-17-7-5-16(6-8-17)24(25)26/h3-12H,13H2,1-2H3,(H3,25,26)(H,27,28). The molecule has 0 unspecified atom stereocenters. The molecule has 0 spiro atoms. The maximum absolute atomic E-state index is 7.47. The van der Waals surface area contributed by atoms with Gasteiger partial charge in [-0.3, -0.25) is 5.41 Å². The van der Waals surface area contributed by atoms with Gasteiger partial charge in [0.2, 0.25) is 0 Å². The van der Waals surface area contributed by atoms with Crippen LogP contribution in [0.2, 0.25) is 0 Å². The van der Waals surface area contributed by atoms with Crippen molar-refractivity contribution in [3.05, 3.63) is 83.5 Å². The van der Waals surface area contributed by atoms with Crippen molar-refractivity contribution in [2.24, 2.45) is 5.73 Å². The van der Waals surface area contributed by atoms with Crippen LogP contribution < -0.4 is 10.5 Å². The molecule has 0 radical (unpaired) electrons. The number of H-pyrrole nitrogens is 1. The number of aryl methyl sites for hydroxylation is 2. The number of nitrogen functional groups attached to an aromatic ring is 1. The number of amidine groups is 1. The predicted octanol–water partition coefficient (Wildman–Crippen LogP) is 4.49. The molecule has 0 saturated heterocycles. The van der Waals surface area contributed by atoms with E-state index in [0.717, 1.165) is 45.3 Å². The Balaban J connectivity index is 1.44. The first-order valence-electron chi connectivity index (χ1n) is 10.2. The summed E-state index contributed by atoms with van der Waals surface area (Å²) in [6, 6.07) is 16.9. The molecule has 32 heavy (non-hydrogen) atoms. The molecule has 5 aromatic rings. The van der Waals surface area contributed by atoms with Crippen molar-refractivity contribution in [1.29, 1.82) is 5.41 Å². The van der Waals surface area contributed by atoms with E-state index in [1.165, 1.54) is 0 Å². The van der Waals surface area contributed by atoms with Crippen molar-refractivity contribution in [2.45, 2.75) is 20.5 Å². The maximum atomic E-state index is 7.47. The highest BCUT2D eigenvalue weighted by Gasteiger charge is 2.16. The van der Waals surface area contributed by atoms with Gasteiger partial charge in [0.1, 0.15) is 29.7 Å². The molecule has 2 aromatic carbocycles. The number of aromatic nitrogens is 4. The minimum absolute atomic E-state index is 0.0303. The van der Waals surface area contributed by atoms with Gasteiger partial charge in [-0.05, 0) is 68.4 Å². The number of nitrogens with zero attached hydrogens (tertiary/aromatic N) is 3. The van der Waals surface area contributed by atoms with Gasteiger partial charge in [-0.1, -0.05) is 0 Å². The van der Waals surface area contributed by atoms with Gasteiger partial charge in [-0.25, -0.2) is 9.67 Å². The number of aromatic amines is 1. The normalized spacial score (nSPS) is 11.2. The SMILES string of the molecule is Cc1cc(-c2ccco2)n(-c2ccc3[nH]c(COc4ccc(C(=N)N)cc4)nc3c2C)n1. The van der Waals surface area contributed by atoms with Gasteiger partial charge in [0.15, 0.2) is 5.76 Å². The lowest BCUT2D eigenvalue weighted by atomic mass is 10.1. The zero-order valence-electron chi connectivity index (χ0n) is 17.7. The largest absolute Gasteiger partial charge is 0.486 e. The third-order valence-electron chi connectivity index (χ3n) is 5.30. The molecule has 3 aromatic heterocycles. The lowest BCUT2D eigenvalue weighted by Gasteiger charge is -2.09. The van der Waals surface area contributed by atoms with E-state index in [1.807, 2.05) is 48.9 Å². The van der Waals surface area contributed by atoms with Crippen LogP contribution in [-0.2, 0) is 6.61 Å². The molecule has 8 heteroatoms. The van der Waals surface area contributed by atoms with Gasteiger partial charge in [0.25, 0.3) is 0 Å². The van der Waals surface area contributed by atoms with Crippen molar-refractivity contribution in [2.75, 3.05) is 0 Å². The average Bonchev–Trinajstić information content (AvgIpc) is 3.52. The number of ether oxygens (including phenoxy) is 1. The van der Waals surface area contributed by atoms with Crippen LogP contribution in [0.15, 0.2) is 65.3 Å². The maximum Gasteiger partial charge on any atom is 0.152 e. The van der Waals surface area contributed by atoms with Crippen LogP contribution in [0.1, 0.15) is 22.6 Å². The van der Waals surface area contributed by atoms with Crippen LogP contribution in [0.4, 0.5) is 0 Å². The molecule has 0 saturated carbocycles. The predicted molar refractivity (Wildman–Crippen MR) is 122 cm³/mol. The molecule has 5 rings (SSSR count). The molecule has 0 amide bonds. The fourth-order valence-electron chi connectivity index (χ4n) is 3.72. The number of imidazole rings is 1. The Morgan fingerprint density at radius 3 is 2.69 bits per heavy atom. The second-order valence-corrected chi connectivity index (χ2v) is 7.58.